The minimum atomic E-state index is -0.834. The Morgan fingerprint density at radius 3 is 2.61 bits per heavy atom. The zero-order valence-corrected chi connectivity index (χ0v) is 13.0. The van der Waals surface area contributed by atoms with Gasteiger partial charge in [0.15, 0.2) is 0 Å². The third-order valence-corrected chi connectivity index (χ3v) is 4.50. The molecule has 1 aromatic rings. The van der Waals surface area contributed by atoms with E-state index >= 15 is 0 Å². The van der Waals surface area contributed by atoms with E-state index in [0.717, 1.165) is 31.4 Å². The van der Waals surface area contributed by atoms with E-state index in [-0.39, 0.29) is 30.9 Å². The molecule has 1 aliphatic heterocycles. The number of carbonyl (C=O) groups excluding carboxylic acids is 2. The topological polar surface area (TPSA) is 87.7 Å². The Bertz CT molecular complexity index is 566. The number of amides is 2. The molecule has 2 atom stereocenters. The number of aliphatic hydroxyl groups excluding tert-OH is 1. The van der Waals surface area contributed by atoms with E-state index < -0.39 is 12.1 Å². The highest BCUT2D eigenvalue weighted by atomic mass is 16.5. The summed E-state index contributed by atoms with van der Waals surface area (Å²) >= 11 is 0. The lowest BCUT2D eigenvalue weighted by Crippen LogP contribution is -2.48. The number of anilines is 1. The van der Waals surface area contributed by atoms with Crippen molar-refractivity contribution in [2.24, 2.45) is 5.92 Å². The van der Waals surface area contributed by atoms with Crippen LogP contribution in [0.15, 0.2) is 24.3 Å². The highest BCUT2D eigenvalue weighted by molar-refractivity contribution is 5.92. The van der Waals surface area contributed by atoms with Gasteiger partial charge in [-0.3, -0.25) is 9.59 Å². The van der Waals surface area contributed by atoms with Crippen LogP contribution in [-0.2, 0) is 14.3 Å². The van der Waals surface area contributed by atoms with Crippen molar-refractivity contribution in [1.82, 2.24) is 5.32 Å². The van der Waals surface area contributed by atoms with Crippen LogP contribution in [0.4, 0.5) is 5.69 Å². The number of morpholine rings is 1. The first-order valence-corrected chi connectivity index (χ1v) is 8.09. The van der Waals surface area contributed by atoms with Crippen LogP contribution in [0.5, 0.6) is 0 Å². The maximum Gasteiger partial charge on any atom is 0.246 e. The van der Waals surface area contributed by atoms with Crippen LogP contribution in [0.3, 0.4) is 0 Å². The second-order valence-electron chi connectivity index (χ2n) is 6.23. The first-order valence-electron chi connectivity index (χ1n) is 8.09. The van der Waals surface area contributed by atoms with E-state index in [1.54, 1.807) is 24.3 Å². The Hall–Kier alpha value is -1.92. The molecular formula is C17H22N2O4. The van der Waals surface area contributed by atoms with Gasteiger partial charge in [0.1, 0.15) is 12.7 Å². The third-order valence-electron chi connectivity index (χ3n) is 4.50. The molecule has 1 heterocycles. The Balaban J connectivity index is 1.59. The molecule has 0 aromatic heterocycles. The maximum atomic E-state index is 12.1. The van der Waals surface area contributed by atoms with Gasteiger partial charge in [-0.25, -0.2) is 0 Å². The summed E-state index contributed by atoms with van der Waals surface area (Å²) in [7, 11) is 0. The molecule has 1 saturated carbocycles. The summed E-state index contributed by atoms with van der Waals surface area (Å²) in [6, 6.07) is 6.62. The molecule has 0 spiro atoms. The molecule has 124 valence electrons. The van der Waals surface area contributed by atoms with Crippen LogP contribution >= 0.6 is 0 Å². The molecule has 1 aliphatic carbocycles. The highest BCUT2D eigenvalue weighted by Gasteiger charge is 2.27. The molecule has 23 heavy (non-hydrogen) atoms. The SMILES string of the molecule is O=C1COC[C@H]([C@H](O)c2ccc(NC(=O)C3CCCC3)cc2)N1. The monoisotopic (exact) mass is 318 g/mol. The number of carbonyl (C=O) groups is 2. The van der Waals surface area contributed by atoms with Gasteiger partial charge in [0, 0.05) is 11.6 Å². The first kappa shape index (κ1) is 16.0. The molecule has 1 saturated heterocycles. The van der Waals surface area contributed by atoms with Gasteiger partial charge >= 0.3 is 0 Å². The number of benzene rings is 1. The molecule has 0 radical (unpaired) electrons. The Labute approximate surface area is 135 Å². The molecule has 2 aliphatic rings. The van der Waals surface area contributed by atoms with Crippen molar-refractivity contribution in [3.05, 3.63) is 29.8 Å². The zero-order valence-electron chi connectivity index (χ0n) is 13.0. The van der Waals surface area contributed by atoms with Crippen LogP contribution in [0.2, 0.25) is 0 Å². The van der Waals surface area contributed by atoms with E-state index in [9.17, 15) is 14.7 Å². The summed E-state index contributed by atoms with van der Waals surface area (Å²) < 4.78 is 5.14. The predicted octanol–water partition coefficient (Wildman–Crippen LogP) is 1.36. The van der Waals surface area contributed by atoms with Gasteiger partial charge in [0.25, 0.3) is 0 Å². The summed E-state index contributed by atoms with van der Waals surface area (Å²) in [5.74, 6) is -0.0284. The number of hydrogen-bond donors (Lipinski definition) is 3. The Morgan fingerprint density at radius 2 is 1.96 bits per heavy atom. The highest BCUT2D eigenvalue weighted by Crippen LogP contribution is 2.26. The average Bonchev–Trinajstić information content (AvgIpc) is 3.09. The number of aliphatic hydroxyl groups is 1. The molecule has 0 bridgehead atoms. The van der Waals surface area contributed by atoms with Crippen molar-refractivity contribution in [2.75, 3.05) is 18.5 Å². The van der Waals surface area contributed by atoms with Crippen LogP contribution in [-0.4, -0.2) is 36.2 Å². The fraction of sp³-hybridized carbons (Fsp3) is 0.529. The van der Waals surface area contributed by atoms with Crippen LogP contribution in [0.25, 0.3) is 0 Å². The van der Waals surface area contributed by atoms with E-state index in [1.807, 2.05) is 0 Å². The summed E-state index contributed by atoms with van der Waals surface area (Å²) in [6.07, 6.45) is 3.34. The van der Waals surface area contributed by atoms with Gasteiger partial charge in [-0.2, -0.15) is 0 Å². The maximum absolute atomic E-state index is 12.1. The summed E-state index contributed by atoms with van der Waals surface area (Å²) in [4.78, 5) is 23.4. The molecular weight excluding hydrogens is 296 g/mol. The Kier molecular flexibility index (Phi) is 4.93. The number of hydrogen-bond acceptors (Lipinski definition) is 4. The molecule has 6 heteroatoms. The predicted molar refractivity (Wildman–Crippen MR) is 84.7 cm³/mol. The van der Waals surface area contributed by atoms with E-state index in [4.69, 9.17) is 4.74 Å². The molecule has 3 rings (SSSR count). The summed E-state index contributed by atoms with van der Waals surface area (Å²) in [5, 5.41) is 16.0. The van der Waals surface area contributed by atoms with Crippen LogP contribution in [0, 0.1) is 5.92 Å². The van der Waals surface area contributed by atoms with Crippen molar-refractivity contribution < 1.29 is 19.4 Å². The number of ether oxygens (including phenoxy) is 1. The normalized spacial score (nSPS) is 23.3. The van der Waals surface area contributed by atoms with Crippen molar-refractivity contribution in [2.45, 2.75) is 37.8 Å². The lowest BCUT2D eigenvalue weighted by atomic mass is 10.0. The van der Waals surface area contributed by atoms with Crippen LogP contribution < -0.4 is 10.6 Å². The first-order chi connectivity index (χ1) is 11.1. The van der Waals surface area contributed by atoms with Gasteiger partial charge in [0.2, 0.25) is 11.8 Å². The molecule has 6 nitrogen and oxygen atoms in total. The van der Waals surface area contributed by atoms with E-state index in [2.05, 4.69) is 10.6 Å². The third kappa shape index (κ3) is 3.89. The minimum Gasteiger partial charge on any atom is -0.386 e. The molecule has 3 N–H and O–H groups in total. The minimum absolute atomic E-state index is 0.0371. The largest absolute Gasteiger partial charge is 0.386 e. The Morgan fingerprint density at radius 1 is 1.26 bits per heavy atom. The van der Waals surface area contributed by atoms with Crippen molar-refractivity contribution >= 4 is 17.5 Å². The standard InChI is InChI=1S/C17H22N2O4/c20-15-10-23-9-14(19-15)16(21)11-5-7-13(8-6-11)18-17(22)12-3-1-2-4-12/h5-8,12,14,16,21H,1-4,9-10H2,(H,18,22)(H,19,20)/t14-,16-/m1/s1. The van der Waals surface area contributed by atoms with Crippen molar-refractivity contribution in [1.29, 1.82) is 0 Å². The zero-order chi connectivity index (χ0) is 16.2. The van der Waals surface area contributed by atoms with Crippen LogP contribution in [0.1, 0.15) is 37.4 Å². The molecule has 2 amide bonds. The second-order valence-corrected chi connectivity index (χ2v) is 6.23. The quantitative estimate of drug-likeness (QED) is 0.782. The summed E-state index contributed by atoms with van der Waals surface area (Å²) in [5.41, 5.74) is 1.40. The van der Waals surface area contributed by atoms with E-state index in [1.165, 1.54) is 0 Å². The smallest absolute Gasteiger partial charge is 0.246 e. The molecule has 0 unspecified atom stereocenters. The average molecular weight is 318 g/mol. The van der Waals surface area contributed by atoms with Crippen molar-refractivity contribution in [3.63, 3.8) is 0 Å². The van der Waals surface area contributed by atoms with Gasteiger partial charge < -0.3 is 20.5 Å². The lowest BCUT2D eigenvalue weighted by Gasteiger charge is -2.28. The summed E-state index contributed by atoms with van der Waals surface area (Å²) in [6.45, 7) is 0.322. The van der Waals surface area contributed by atoms with Crippen molar-refractivity contribution in [3.8, 4) is 0 Å². The van der Waals surface area contributed by atoms with Gasteiger partial charge in [-0.05, 0) is 30.5 Å². The fourth-order valence-electron chi connectivity index (χ4n) is 3.17. The lowest BCUT2D eigenvalue weighted by molar-refractivity contribution is -0.133. The van der Waals surface area contributed by atoms with Gasteiger partial charge in [0.05, 0.1) is 12.6 Å². The number of nitrogens with one attached hydrogen (secondary N) is 2. The van der Waals surface area contributed by atoms with E-state index in [0.29, 0.717) is 5.56 Å². The number of rotatable bonds is 4. The van der Waals surface area contributed by atoms with Gasteiger partial charge in [-0.15, -0.1) is 0 Å². The molecule has 1 aromatic carbocycles. The second kappa shape index (κ2) is 7.10. The fourth-order valence-corrected chi connectivity index (χ4v) is 3.17. The van der Waals surface area contributed by atoms with Gasteiger partial charge in [-0.1, -0.05) is 25.0 Å². The molecule has 2 fully saturated rings.